The van der Waals surface area contributed by atoms with E-state index in [0.717, 1.165) is 42.6 Å². The van der Waals surface area contributed by atoms with E-state index < -0.39 is 0 Å². The number of hydrogen-bond acceptors (Lipinski definition) is 5. The van der Waals surface area contributed by atoms with Crippen LogP contribution in [0.1, 0.15) is 29.4 Å². The smallest absolute Gasteiger partial charge is 0.254 e. The Hall–Kier alpha value is -2.93. The first-order chi connectivity index (χ1) is 13.5. The van der Waals surface area contributed by atoms with Crippen molar-refractivity contribution in [2.45, 2.75) is 25.8 Å². The molecule has 1 aromatic carbocycles. The van der Waals surface area contributed by atoms with Crippen molar-refractivity contribution in [3.8, 4) is 17.0 Å². The average molecular weight is 379 g/mol. The molecule has 0 saturated carbocycles. The Bertz CT molecular complexity index is 1010. The molecule has 1 aliphatic rings. The third-order valence-corrected chi connectivity index (χ3v) is 5.53. The fourth-order valence-corrected chi connectivity index (χ4v) is 3.81. The Morgan fingerprint density at radius 3 is 2.71 bits per heavy atom. The summed E-state index contributed by atoms with van der Waals surface area (Å²) in [5, 5.41) is 17.7. The largest absolute Gasteiger partial charge is 0.508 e. The molecule has 1 unspecified atom stereocenters. The van der Waals surface area contributed by atoms with Crippen LogP contribution in [0.25, 0.3) is 22.3 Å². The van der Waals surface area contributed by atoms with E-state index in [1.165, 1.54) is 0 Å². The van der Waals surface area contributed by atoms with Gasteiger partial charge in [-0.25, -0.2) is 4.98 Å². The van der Waals surface area contributed by atoms with Gasteiger partial charge < -0.3 is 14.9 Å². The van der Waals surface area contributed by atoms with E-state index in [4.69, 9.17) is 0 Å². The maximum atomic E-state index is 13.4. The number of likely N-dealkylation sites (N-methyl/N-ethyl adjacent to an activating group) is 1. The van der Waals surface area contributed by atoms with Gasteiger partial charge in [0, 0.05) is 30.4 Å². The summed E-state index contributed by atoms with van der Waals surface area (Å²) in [5.41, 5.74) is 3.62. The molecule has 146 valence electrons. The number of phenols is 1. The van der Waals surface area contributed by atoms with Crippen molar-refractivity contribution in [2.75, 3.05) is 27.2 Å². The summed E-state index contributed by atoms with van der Waals surface area (Å²) in [7, 11) is 4.11. The number of amides is 1. The van der Waals surface area contributed by atoms with E-state index in [-0.39, 0.29) is 11.7 Å². The lowest BCUT2D eigenvalue weighted by Crippen LogP contribution is -2.34. The fourth-order valence-electron chi connectivity index (χ4n) is 3.81. The summed E-state index contributed by atoms with van der Waals surface area (Å²) in [5.74, 6) is 0.217. The highest BCUT2D eigenvalue weighted by atomic mass is 16.3. The highest BCUT2D eigenvalue weighted by Gasteiger charge is 2.30. The predicted octanol–water partition coefficient (Wildman–Crippen LogP) is 2.67. The number of hydrogen-bond donors (Lipinski definition) is 2. The summed E-state index contributed by atoms with van der Waals surface area (Å²) < 4.78 is 0. The van der Waals surface area contributed by atoms with Crippen molar-refractivity contribution in [3.63, 3.8) is 0 Å². The van der Waals surface area contributed by atoms with Crippen LogP contribution in [0.4, 0.5) is 0 Å². The van der Waals surface area contributed by atoms with Gasteiger partial charge in [-0.3, -0.25) is 9.89 Å². The van der Waals surface area contributed by atoms with Crippen LogP contribution < -0.4 is 0 Å². The van der Waals surface area contributed by atoms with Crippen molar-refractivity contribution in [1.29, 1.82) is 0 Å². The maximum Gasteiger partial charge on any atom is 0.254 e. The number of likely N-dealkylation sites (tertiary alicyclic amines) is 1. The summed E-state index contributed by atoms with van der Waals surface area (Å²) in [6.07, 6.45) is 1.72. The monoisotopic (exact) mass is 379 g/mol. The highest BCUT2D eigenvalue weighted by molar-refractivity contribution is 6.07. The molecule has 2 aromatic heterocycles. The molecule has 7 heteroatoms. The van der Waals surface area contributed by atoms with Gasteiger partial charge in [-0.2, -0.15) is 5.10 Å². The number of fused-ring (bicyclic) bond motifs is 1. The molecule has 3 heterocycles. The van der Waals surface area contributed by atoms with Crippen LogP contribution in [-0.4, -0.2) is 69.2 Å². The zero-order chi connectivity index (χ0) is 19.8. The van der Waals surface area contributed by atoms with Crippen LogP contribution >= 0.6 is 0 Å². The van der Waals surface area contributed by atoms with Crippen LogP contribution in [0.3, 0.4) is 0 Å². The number of carbonyl (C=O) groups is 1. The van der Waals surface area contributed by atoms with Gasteiger partial charge in [0.25, 0.3) is 5.91 Å². The molecule has 3 aromatic rings. The number of phenolic OH excluding ortho intramolecular Hbond substituents is 1. The number of pyridine rings is 1. The van der Waals surface area contributed by atoms with Gasteiger partial charge in [0.1, 0.15) is 5.75 Å². The molecule has 1 fully saturated rings. The fraction of sp³-hybridized carbons (Fsp3) is 0.381. The molecule has 7 nitrogen and oxygen atoms in total. The second-order valence-electron chi connectivity index (χ2n) is 7.51. The number of aromatic amines is 1. The Kier molecular flexibility index (Phi) is 4.77. The Morgan fingerprint density at radius 1 is 1.32 bits per heavy atom. The van der Waals surface area contributed by atoms with Crippen molar-refractivity contribution >= 4 is 16.9 Å². The van der Waals surface area contributed by atoms with Crippen molar-refractivity contribution in [3.05, 3.63) is 41.6 Å². The highest BCUT2D eigenvalue weighted by Crippen LogP contribution is 2.29. The van der Waals surface area contributed by atoms with Gasteiger partial charge >= 0.3 is 0 Å². The Morgan fingerprint density at radius 2 is 2.07 bits per heavy atom. The van der Waals surface area contributed by atoms with E-state index in [1.807, 2.05) is 17.9 Å². The van der Waals surface area contributed by atoms with E-state index in [0.29, 0.717) is 22.9 Å². The second kappa shape index (κ2) is 7.24. The molecule has 1 amide bonds. The number of H-pyrrole nitrogens is 1. The predicted molar refractivity (Wildman–Crippen MR) is 108 cm³/mol. The molecule has 28 heavy (non-hydrogen) atoms. The molecule has 0 bridgehead atoms. The summed E-state index contributed by atoms with van der Waals surface area (Å²) in [6, 6.07) is 9.06. The first-order valence-corrected chi connectivity index (χ1v) is 9.61. The lowest BCUT2D eigenvalue weighted by molar-refractivity contribution is 0.0785. The average Bonchev–Trinajstić information content (AvgIpc) is 3.34. The third-order valence-electron chi connectivity index (χ3n) is 5.53. The molecule has 0 aliphatic carbocycles. The normalized spacial score (nSPS) is 17.0. The third kappa shape index (κ3) is 3.22. The number of nitrogens with one attached hydrogen (secondary N) is 1. The lowest BCUT2D eigenvalue weighted by atomic mass is 10.0. The van der Waals surface area contributed by atoms with E-state index in [9.17, 15) is 9.90 Å². The Balaban J connectivity index is 1.80. The molecule has 1 aliphatic heterocycles. The Labute approximate surface area is 164 Å². The number of carbonyl (C=O) groups excluding carboxylic acids is 1. The number of nitrogens with zero attached hydrogens (tertiary/aromatic N) is 4. The zero-order valence-electron chi connectivity index (χ0n) is 16.4. The maximum absolute atomic E-state index is 13.4. The number of aromatic nitrogens is 3. The standard InChI is InChI=1S/C21H25N5O2/c1-4-17-19-16(21(28)26-10-9-14(12-26)25(2)3)11-18(22-20(19)24-23-17)13-5-7-15(27)8-6-13/h5-8,11,14,27H,4,9-10,12H2,1-3H3,(H,22,23,24). The first-order valence-electron chi connectivity index (χ1n) is 9.61. The van der Waals surface area contributed by atoms with E-state index in [1.54, 1.807) is 24.3 Å². The van der Waals surface area contributed by atoms with Crippen molar-refractivity contribution < 1.29 is 9.90 Å². The SMILES string of the molecule is CCc1[nH]nc2nc(-c3ccc(O)cc3)cc(C(=O)N3CCC(N(C)C)C3)c12. The molecule has 0 radical (unpaired) electrons. The molecule has 1 atom stereocenters. The summed E-state index contributed by atoms with van der Waals surface area (Å²) in [6.45, 7) is 3.51. The van der Waals surface area contributed by atoms with Crippen molar-refractivity contribution in [2.24, 2.45) is 0 Å². The number of rotatable bonds is 4. The molecule has 0 spiro atoms. The van der Waals surface area contributed by atoms with E-state index in [2.05, 4.69) is 34.2 Å². The zero-order valence-corrected chi connectivity index (χ0v) is 16.4. The minimum Gasteiger partial charge on any atom is -0.508 e. The minimum atomic E-state index is 0.0212. The molecule has 4 rings (SSSR count). The molecule has 1 saturated heterocycles. The van der Waals surface area contributed by atoms with Crippen LogP contribution in [0.15, 0.2) is 30.3 Å². The lowest BCUT2D eigenvalue weighted by Gasteiger charge is -2.21. The summed E-state index contributed by atoms with van der Waals surface area (Å²) in [4.78, 5) is 22.2. The van der Waals surface area contributed by atoms with Gasteiger partial charge in [-0.1, -0.05) is 6.92 Å². The number of aromatic hydroxyl groups is 1. The van der Waals surface area contributed by atoms with Crippen LogP contribution in [0.2, 0.25) is 0 Å². The molecular formula is C21H25N5O2. The van der Waals surface area contributed by atoms with Crippen LogP contribution in [-0.2, 0) is 6.42 Å². The van der Waals surface area contributed by atoms with Gasteiger partial charge in [-0.15, -0.1) is 0 Å². The van der Waals surface area contributed by atoms with Gasteiger partial charge in [-0.05, 0) is 57.3 Å². The quantitative estimate of drug-likeness (QED) is 0.728. The van der Waals surface area contributed by atoms with Gasteiger partial charge in [0.15, 0.2) is 5.65 Å². The minimum absolute atomic E-state index is 0.0212. The van der Waals surface area contributed by atoms with Crippen LogP contribution in [0.5, 0.6) is 5.75 Å². The van der Waals surface area contributed by atoms with Gasteiger partial charge in [0.05, 0.1) is 16.6 Å². The molecular weight excluding hydrogens is 354 g/mol. The number of benzene rings is 1. The molecule has 2 N–H and O–H groups in total. The summed E-state index contributed by atoms with van der Waals surface area (Å²) >= 11 is 0. The van der Waals surface area contributed by atoms with E-state index >= 15 is 0 Å². The van der Waals surface area contributed by atoms with Crippen molar-refractivity contribution in [1.82, 2.24) is 25.0 Å². The second-order valence-corrected chi connectivity index (χ2v) is 7.51. The number of aryl methyl sites for hydroxylation is 1. The first kappa shape index (κ1) is 18.4. The topological polar surface area (TPSA) is 85.3 Å². The van der Waals surface area contributed by atoms with Crippen LogP contribution in [0, 0.1) is 0 Å². The van der Waals surface area contributed by atoms with Gasteiger partial charge in [0.2, 0.25) is 0 Å².